The van der Waals surface area contributed by atoms with Crippen molar-refractivity contribution in [1.29, 1.82) is 0 Å². The predicted octanol–water partition coefficient (Wildman–Crippen LogP) is 3.23. The standard InChI is InChI=1S/C19H36F6O7Si4/c1-16(2,3)12-17(29-14(28)11-10-13(26)27,15(18(20,21)22)19(23,24)25)36(30-33,31-34(4,5)6)32-35(7,8)9/h10-11,15H,12H2,1-9,33H3,(H,26,27)/p-1. The molecule has 0 aliphatic carbocycles. The zero-order chi connectivity index (χ0) is 29.2. The van der Waals surface area contributed by atoms with Gasteiger partial charge in [-0.2, -0.15) is 26.3 Å². The fraction of sp³-hybridized carbons (Fsp3) is 0.789. The highest BCUT2D eigenvalue weighted by atomic mass is 28.5. The van der Waals surface area contributed by atoms with Crippen molar-refractivity contribution in [2.45, 2.75) is 84.1 Å². The van der Waals surface area contributed by atoms with Crippen LogP contribution in [0.5, 0.6) is 0 Å². The first-order valence-electron chi connectivity index (χ1n) is 10.8. The lowest BCUT2D eigenvalue weighted by Gasteiger charge is -2.53. The van der Waals surface area contributed by atoms with Crippen LogP contribution in [0, 0.1) is 11.3 Å². The molecule has 0 fully saturated rings. The molecule has 0 N–H and O–H groups in total. The second kappa shape index (κ2) is 11.4. The van der Waals surface area contributed by atoms with Crippen LogP contribution in [-0.2, 0) is 26.7 Å². The summed E-state index contributed by atoms with van der Waals surface area (Å²) in [6, 6.07) is 0. The number of carboxylic acids is 1. The first-order valence-corrected chi connectivity index (χ1v) is 20.2. The van der Waals surface area contributed by atoms with E-state index >= 15 is 0 Å². The molecule has 0 saturated heterocycles. The summed E-state index contributed by atoms with van der Waals surface area (Å²) >= 11 is 0. The molecule has 0 rings (SSSR count). The van der Waals surface area contributed by atoms with Gasteiger partial charge in [0.15, 0.2) is 22.6 Å². The second-order valence-electron chi connectivity index (χ2n) is 11.4. The van der Waals surface area contributed by atoms with Gasteiger partial charge < -0.3 is 27.0 Å². The molecule has 0 saturated carbocycles. The maximum atomic E-state index is 14.4. The summed E-state index contributed by atoms with van der Waals surface area (Å²) in [5.74, 6) is -7.93. The fourth-order valence-electron chi connectivity index (χ4n) is 3.65. The van der Waals surface area contributed by atoms with E-state index in [1.54, 1.807) is 0 Å². The number of esters is 1. The van der Waals surface area contributed by atoms with E-state index in [9.17, 15) is 41.0 Å². The largest absolute Gasteiger partial charge is 0.545 e. The van der Waals surface area contributed by atoms with Crippen LogP contribution in [0.1, 0.15) is 27.2 Å². The second-order valence-corrected chi connectivity index (χ2v) is 25.1. The average molecular weight is 602 g/mol. The Morgan fingerprint density at radius 1 is 0.861 bits per heavy atom. The van der Waals surface area contributed by atoms with Crippen molar-refractivity contribution in [3.63, 3.8) is 0 Å². The summed E-state index contributed by atoms with van der Waals surface area (Å²) in [5.41, 5.74) is -1.31. The molecule has 0 radical (unpaired) electrons. The van der Waals surface area contributed by atoms with Crippen molar-refractivity contribution in [1.82, 2.24) is 0 Å². The highest BCUT2D eigenvalue weighted by Crippen LogP contribution is 2.55. The molecule has 0 aromatic heterocycles. The van der Waals surface area contributed by atoms with Gasteiger partial charge in [0.2, 0.25) is 5.22 Å². The molecule has 7 nitrogen and oxygen atoms in total. The molecule has 0 spiro atoms. The molecule has 1 unspecified atom stereocenters. The lowest BCUT2D eigenvalue weighted by atomic mass is 9.83. The van der Waals surface area contributed by atoms with E-state index in [1.807, 2.05) is 0 Å². The Morgan fingerprint density at radius 2 is 1.25 bits per heavy atom. The number of ether oxygens (including phenoxy) is 1. The minimum absolute atomic E-state index is 0.143. The number of carbonyl (C=O) groups is 2. The molecule has 36 heavy (non-hydrogen) atoms. The summed E-state index contributed by atoms with van der Waals surface area (Å²) in [6.45, 7) is 13.3. The van der Waals surface area contributed by atoms with E-state index in [1.165, 1.54) is 60.1 Å². The Labute approximate surface area is 213 Å². The van der Waals surface area contributed by atoms with Crippen molar-refractivity contribution < 1.29 is 58.1 Å². The summed E-state index contributed by atoms with van der Waals surface area (Å²) in [6.07, 6.45) is -12.6. The number of hydrogen-bond donors (Lipinski definition) is 0. The van der Waals surface area contributed by atoms with Gasteiger partial charge in [-0.25, -0.2) is 4.79 Å². The van der Waals surface area contributed by atoms with E-state index in [0.29, 0.717) is 0 Å². The van der Waals surface area contributed by atoms with Crippen LogP contribution in [0.25, 0.3) is 0 Å². The Hall–Kier alpha value is -0.992. The van der Waals surface area contributed by atoms with Gasteiger partial charge in [-0.3, -0.25) is 0 Å². The third kappa shape index (κ3) is 10.4. The number of rotatable bonds is 11. The molecular formula is C19H35F6O7Si4-. The van der Waals surface area contributed by atoms with Crippen molar-refractivity contribution in [3.8, 4) is 0 Å². The first-order chi connectivity index (χ1) is 15.6. The Kier molecular flexibility index (Phi) is 11.1. The van der Waals surface area contributed by atoms with Crippen molar-refractivity contribution in [3.05, 3.63) is 12.2 Å². The molecule has 0 aromatic carbocycles. The summed E-state index contributed by atoms with van der Waals surface area (Å²) in [5, 5.41) is 7.23. The fourth-order valence-corrected chi connectivity index (χ4v) is 17.2. The monoisotopic (exact) mass is 601 g/mol. The highest BCUT2D eigenvalue weighted by Gasteiger charge is 2.80. The molecule has 0 aliphatic rings. The van der Waals surface area contributed by atoms with E-state index in [-0.39, 0.29) is 12.2 Å². The molecule has 0 aliphatic heterocycles. The number of alkyl halides is 6. The van der Waals surface area contributed by atoms with E-state index in [2.05, 4.69) is 0 Å². The summed E-state index contributed by atoms with van der Waals surface area (Å²) in [7, 11) is -11.7. The Balaban J connectivity index is 8.00. The summed E-state index contributed by atoms with van der Waals surface area (Å²) in [4.78, 5) is 23.4. The van der Waals surface area contributed by atoms with Crippen LogP contribution in [-0.4, -0.2) is 65.4 Å². The maximum Gasteiger partial charge on any atom is 0.516 e. The van der Waals surface area contributed by atoms with Crippen molar-refractivity contribution in [2.75, 3.05) is 0 Å². The van der Waals surface area contributed by atoms with E-state index in [4.69, 9.17) is 17.1 Å². The number of halogens is 6. The molecule has 0 aromatic rings. The molecule has 1 atom stereocenters. The minimum atomic E-state index is -5.98. The lowest BCUT2D eigenvalue weighted by molar-refractivity contribution is -0.324. The molecule has 0 bridgehead atoms. The SMILES string of the molecule is CC(C)(C)CC(OC(=O)C=CC(=O)[O-])(C(C(F)(F)F)C(F)(F)F)[Si](O[SiH3])(O[Si](C)(C)C)O[Si](C)(C)C. The maximum absolute atomic E-state index is 14.4. The Bertz CT molecular complexity index is 784. The zero-order valence-corrected chi connectivity index (χ0v) is 27.1. The number of aliphatic carboxylic acids is 1. The summed E-state index contributed by atoms with van der Waals surface area (Å²) < 4.78 is 109. The van der Waals surface area contributed by atoms with Crippen LogP contribution < -0.4 is 5.11 Å². The van der Waals surface area contributed by atoms with Crippen LogP contribution in [0.3, 0.4) is 0 Å². The average Bonchev–Trinajstić information content (AvgIpc) is 2.52. The zero-order valence-electron chi connectivity index (χ0n) is 22.1. The van der Waals surface area contributed by atoms with Crippen molar-refractivity contribution in [2.24, 2.45) is 11.3 Å². The Morgan fingerprint density at radius 3 is 1.50 bits per heavy atom. The van der Waals surface area contributed by atoms with Gasteiger partial charge in [0, 0.05) is 6.08 Å². The lowest BCUT2D eigenvalue weighted by Crippen LogP contribution is -2.78. The predicted molar refractivity (Wildman–Crippen MR) is 128 cm³/mol. The van der Waals surface area contributed by atoms with Crippen LogP contribution in [0.2, 0.25) is 39.3 Å². The highest BCUT2D eigenvalue weighted by molar-refractivity contribution is 6.87. The van der Waals surface area contributed by atoms with Crippen LogP contribution >= 0.6 is 0 Å². The molecule has 0 heterocycles. The van der Waals surface area contributed by atoms with Gasteiger partial charge in [-0.15, -0.1) is 0 Å². The van der Waals surface area contributed by atoms with E-state index in [0.717, 1.165) is 0 Å². The number of carboxylic acid groups (broad SMARTS) is 1. The van der Waals surface area contributed by atoms with Gasteiger partial charge in [0.05, 0.1) is 5.97 Å². The number of hydrogen-bond acceptors (Lipinski definition) is 7. The van der Waals surface area contributed by atoms with Gasteiger partial charge in [-0.05, 0) is 57.2 Å². The van der Waals surface area contributed by atoms with E-state index < -0.39 is 83.2 Å². The first kappa shape index (κ1) is 35.0. The molecule has 17 heteroatoms. The quantitative estimate of drug-likeness (QED) is 0.155. The number of carbonyl (C=O) groups excluding carboxylic acids is 2. The topological polar surface area (TPSA) is 94.1 Å². The van der Waals surface area contributed by atoms with Crippen molar-refractivity contribution >= 4 is 47.9 Å². The van der Waals surface area contributed by atoms with Crippen LogP contribution in [0.4, 0.5) is 26.3 Å². The van der Waals surface area contributed by atoms with Gasteiger partial charge in [0.1, 0.15) is 10.5 Å². The third-order valence-electron chi connectivity index (χ3n) is 4.22. The third-order valence-corrected chi connectivity index (χ3v) is 15.0. The normalized spacial score (nSPS) is 16.4. The van der Waals surface area contributed by atoms with Gasteiger partial charge in [0.25, 0.3) is 0 Å². The molecular weight excluding hydrogens is 567 g/mol. The molecule has 212 valence electrons. The van der Waals surface area contributed by atoms with Gasteiger partial charge in [-0.1, -0.05) is 20.8 Å². The smallest absolute Gasteiger partial charge is 0.516 e. The minimum Gasteiger partial charge on any atom is -0.545 e. The van der Waals surface area contributed by atoms with Gasteiger partial charge >= 0.3 is 27.1 Å². The molecule has 0 amide bonds. The van der Waals surface area contributed by atoms with Crippen LogP contribution in [0.15, 0.2) is 12.2 Å².